The number of sulfone groups is 1. The lowest BCUT2D eigenvalue weighted by molar-refractivity contribution is -0.120. The van der Waals surface area contributed by atoms with E-state index in [0.717, 1.165) is 16.9 Å². The molecule has 4 aromatic rings. The molecule has 4 rings (SSSR count). The quantitative estimate of drug-likeness (QED) is 0.330. The fourth-order valence-electron chi connectivity index (χ4n) is 3.64. The maximum Gasteiger partial charge on any atom is 0.245 e. The monoisotopic (exact) mass is 547 g/mol. The van der Waals surface area contributed by atoms with Crippen molar-refractivity contribution in [3.8, 4) is 11.1 Å². The van der Waals surface area contributed by atoms with Gasteiger partial charge in [-0.3, -0.25) is 4.79 Å². The molecule has 0 saturated heterocycles. The zero-order chi connectivity index (χ0) is 25.9. The molecular formula is C24H22FN3O5S3. The minimum absolute atomic E-state index is 0.0491. The Morgan fingerprint density at radius 1 is 0.972 bits per heavy atom. The number of rotatable bonds is 9. The Morgan fingerprint density at radius 2 is 1.61 bits per heavy atom. The minimum Gasteiger partial charge on any atom is -0.354 e. The fourth-order valence-corrected chi connectivity index (χ4v) is 7.21. The molecule has 0 radical (unpaired) electrons. The molecule has 0 fully saturated rings. The molecule has 1 heterocycles. The van der Waals surface area contributed by atoms with Crippen LogP contribution in [0.1, 0.15) is 15.8 Å². The summed E-state index contributed by atoms with van der Waals surface area (Å²) in [7, 11) is -8.06. The van der Waals surface area contributed by atoms with Gasteiger partial charge in [0.25, 0.3) is 0 Å². The van der Waals surface area contributed by atoms with E-state index >= 15 is 4.39 Å². The second-order valence-electron chi connectivity index (χ2n) is 8.05. The summed E-state index contributed by atoms with van der Waals surface area (Å²) in [6.45, 7) is -0.383. The average Bonchev–Trinajstić information content (AvgIpc) is 3.23. The van der Waals surface area contributed by atoms with Crippen molar-refractivity contribution in [2.24, 2.45) is 5.14 Å². The van der Waals surface area contributed by atoms with Gasteiger partial charge in [-0.2, -0.15) is 0 Å². The van der Waals surface area contributed by atoms with Gasteiger partial charge in [-0.05, 0) is 28.8 Å². The second-order valence-corrected chi connectivity index (χ2v) is 12.9. The van der Waals surface area contributed by atoms with Gasteiger partial charge in [0.2, 0.25) is 15.9 Å². The number of amides is 1. The molecule has 1 unspecified atom stereocenters. The number of fused-ring (bicyclic) bond motifs is 1. The van der Waals surface area contributed by atoms with Crippen LogP contribution >= 0.6 is 11.3 Å². The number of thiazole rings is 1. The number of hydrogen-bond donors (Lipinski definition) is 2. The first-order valence-corrected chi connectivity index (χ1v) is 15.0. The summed E-state index contributed by atoms with van der Waals surface area (Å²) in [4.78, 5) is 17.3. The lowest BCUT2D eigenvalue weighted by Crippen LogP contribution is -2.37. The van der Waals surface area contributed by atoms with E-state index in [1.54, 1.807) is 36.4 Å². The second kappa shape index (κ2) is 10.4. The van der Waals surface area contributed by atoms with Crippen molar-refractivity contribution in [2.45, 2.75) is 11.0 Å². The Labute approximate surface area is 212 Å². The van der Waals surface area contributed by atoms with Crippen molar-refractivity contribution in [3.05, 3.63) is 89.2 Å². The summed E-state index contributed by atoms with van der Waals surface area (Å²) < 4.78 is 64.7. The molecule has 0 saturated carbocycles. The molecule has 0 aliphatic carbocycles. The van der Waals surface area contributed by atoms with Crippen LogP contribution in [0.2, 0.25) is 0 Å². The van der Waals surface area contributed by atoms with E-state index in [4.69, 9.17) is 5.14 Å². The largest absolute Gasteiger partial charge is 0.354 e. The minimum atomic E-state index is -4.18. The molecule has 188 valence electrons. The number of sulfonamides is 1. The number of aromatic nitrogens is 1. The van der Waals surface area contributed by atoms with Crippen molar-refractivity contribution in [2.75, 3.05) is 12.3 Å². The Balaban J connectivity index is 1.75. The van der Waals surface area contributed by atoms with Gasteiger partial charge in [0.15, 0.2) is 20.9 Å². The number of nitrogens with one attached hydrogen (secondary N) is 1. The summed E-state index contributed by atoms with van der Waals surface area (Å²) in [6, 6.07) is 20.4. The van der Waals surface area contributed by atoms with Crippen LogP contribution in [-0.2, 0) is 30.4 Å². The lowest BCUT2D eigenvalue weighted by Gasteiger charge is -2.15. The molecule has 36 heavy (non-hydrogen) atoms. The first kappa shape index (κ1) is 25.9. The van der Waals surface area contributed by atoms with E-state index < -0.39 is 48.3 Å². The SMILES string of the molecule is NS(=O)(=O)CCNC(=O)C(c1nc2c(F)cc(-c3ccccc3)cc2s1)S(=O)(=O)Cc1ccccc1. The molecular weight excluding hydrogens is 525 g/mol. The number of carbonyl (C=O) groups excluding carboxylic acids is 1. The van der Waals surface area contributed by atoms with Gasteiger partial charge in [-0.25, -0.2) is 31.3 Å². The Hall–Kier alpha value is -3.19. The molecule has 1 atom stereocenters. The van der Waals surface area contributed by atoms with Crippen molar-refractivity contribution >= 4 is 47.3 Å². The summed E-state index contributed by atoms with van der Waals surface area (Å²) >= 11 is 0.899. The third-order valence-electron chi connectivity index (χ3n) is 5.29. The molecule has 0 aliphatic rings. The molecule has 12 heteroatoms. The van der Waals surface area contributed by atoms with Crippen LogP contribution in [0, 0.1) is 5.82 Å². The van der Waals surface area contributed by atoms with Crippen molar-refractivity contribution in [3.63, 3.8) is 0 Å². The molecule has 0 aliphatic heterocycles. The van der Waals surface area contributed by atoms with Gasteiger partial charge in [0.1, 0.15) is 10.5 Å². The molecule has 0 bridgehead atoms. The lowest BCUT2D eigenvalue weighted by atomic mass is 10.1. The van der Waals surface area contributed by atoms with Crippen LogP contribution in [0.25, 0.3) is 21.3 Å². The van der Waals surface area contributed by atoms with Crippen LogP contribution in [0.3, 0.4) is 0 Å². The molecule has 1 aromatic heterocycles. The zero-order valence-corrected chi connectivity index (χ0v) is 21.2. The van der Waals surface area contributed by atoms with Crippen molar-refractivity contribution in [1.82, 2.24) is 10.3 Å². The van der Waals surface area contributed by atoms with Gasteiger partial charge < -0.3 is 5.32 Å². The van der Waals surface area contributed by atoms with Crippen LogP contribution in [-0.4, -0.2) is 40.0 Å². The summed E-state index contributed by atoms with van der Waals surface area (Å²) in [5.74, 6) is -2.64. The van der Waals surface area contributed by atoms with Crippen LogP contribution < -0.4 is 10.5 Å². The average molecular weight is 548 g/mol. The molecule has 3 N–H and O–H groups in total. The number of nitrogens with zero attached hydrogens (tertiary/aromatic N) is 1. The molecule has 1 amide bonds. The normalized spacial score (nSPS) is 12.9. The van der Waals surface area contributed by atoms with Crippen molar-refractivity contribution in [1.29, 1.82) is 0 Å². The topological polar surface area (TPSA) is 136 Å². The van der Waals surface area contributed by atoms with Crippen LogP contribution in [0.4, 0.5) is 4.39 Å². The van der Waals surface area contributed by atoms with Crippen LogP contribution in [0.15, 0.2) is 72.8 Å². The van der Waals surface area contributed by atoms with Gasteiger partial charge in [-0.15, -0.1) is 11.3 Å². The van der Waals surface area contributed by atoms with E-state index in [-0.39, 0.29) is 17.1 Å². The van der Waals surface area contributed by atoms with E-state index in [2.05, 4.69) is 10.3 Å². The van der Waals surface area contributed by atoms with Crippen LogP contribution in [0.5, 0.6) is 0 Å². The predicted molar refractivity (Wildman–Crippen MR) is 138 cm³/mol. The van der Waals surface area contributed by atoms with Gasteiger partial charge >= 0.3 is 0 Å². The highest BCUT2D eigenvalue weighted by molar-refractivity contribution is 7.91. The Kier molecular flexibility index (Phi) is 7.50. The van der Waals surface area contributed by atoms with E-state index in [9.17, 15) is 21.6 Å². The summed E-state index contributed by atoms with van der Waals surface area (Å²) in [6.07, 6.45) is 0. The smallest absolute Gasteiger partial charge is 0.245 e. The van der Waals surface area contributed by atoms with Gasteiger partial charge in [-0.1, -0.05) is 60.7 Å². The summed E-state index contributed by atoms with van der Waals surface area (Å²) in [5, 5.41) is 5.42. The Bertz CT molecular complexity index is 1610. The maximum absolute atomic E-state index is 15.0. The molecule has 8 nitrogen and oxygen atoms in total. The number of halogens is 1. The molecule has 3 aromatic carbocycles. The van der Waals surface area contributed by atoms with E-state index in [1.807, 2.05) is 30.3 Å². The molecule has 0 spiro atoms. The number of nitrogens with two attached hydrogens (primary N) is 1. The number of hydrogen-bond acceptors (Lipinski definition) is 7. The van der Waals surface area contributed by atoms with E-state index in [0.29, 0.717) is 15.8 Å². The third-order valence-corrected chi connectivity index (χ3v) is 9.17. The Morgan fingerprint density at radius 3 is 2.25 bits per heavy atom. The third kappa shape index (κ3) is 6.13. The maximum atomic E-state index is 15.0. The first-order chi connectivity index (χ1) is 17.0. The highest BCUT2D eigenvalue weighted by atomic mass is 32.2. The van der Waals surface area contributed by atoms with Crippen molar-refractivity contribution < 1.29 is 26.0 Å². The van der Waals surface area contributed by atoms with E-state index in [1.165, 1.54) is 6.07 Å². The van der Waals surface area contributed by atoms with Gasteiger partial charge in [0, 0.05) is 6.54 Å². The predicted octanol–water partition coefficient (Wildman–Crippen LogP) is 3.16. The zero-order valence-electron chi connectivity index (χ0n) is 18.8. The standard InChI is InChI=1S/C24H22FN3O5S3/c25-19-13-18(17-9-5-2-6-10-17)14-20-21(19)28-24(34-20)22(23(29)27-11-12-36(26,32)33)35(30,31)15-16-7-3-1-4-8-16/h1-10,13-14,22H,11-12,15H2,(H,27,29)(H2,26,32,33). The summed E-state index contributed by atoms with van der Waals surface area (Å²) in [5.41, 5.74) is 1.75. The number of carbonyl (C=O) groups is 1. The highest BCUT2D eigenvalue weighted by Crippen LogP contribution is 2.36. The van der Waals surface area contributed by atoms with Gasteiger partial charge in [0.05, 0.1) is 16.2 Å². The highest BCUT2D eigenvalue weighted by Gasteiger charge is 2.37. The number of benzene rings is 3. The first-order valence-electron chi connectivity index (χ1n) is 10.7. The fraction of sp³-hybridized carbons (Fsp3) is 0.167. The number of primary sulfonamides is 1.